The van der Waals surface area contributed by atoms with Gasteiger partial charge in [-0.25, -0.2) is 0 Å². The van der Waals surface area contributed by atoms with Crippen LogP contribution in [0.4, 0.5) is 0 Å². The van der Waals surface area contributed by atoms with Gasteiger partial charge in [0.1, 0.15) is 0 Å². The molecule has 2 aliphatic rings. The average Bonchev–Trinajstić information content (AvgIpc) is 2.48. The van der Waals surface area contributed by atoms with Gasteiger partial charge in [0.15, 0.2) is 0 Å². The van der Waals surface area contributed by atoms with Gasteiger partial charge >= 0.3 is 0 Å². The van der Waals surface area contributed by atoms with Crippen molar-refractivity contribution in [1.82, 2.24) is 10.2 Å². The zero-order chi connectivity index (χ0) is 12.5. The zero-order valence-corrected chi connectivity index (χ0v) is 10.8. The summed E-state index contributed by atoms with van der Waals surface area (Å²) in [4.78, 5) is 25.7. The van der Waals surface area contributed by atoms with Crippen molar-refractivity contribution in [2.24, 2.45) is 11.3 Å². The lowest BCUT2D eigenvalue weighted by atomic mass is 9.81. The number of carbonyl (C=O) groups excluding carboxylic acids is 2. The molecule has 1 N–H and O–H groups in total. The van der Waals surface area contributed by atoms with Crippen molar-refractivity contribution in [3.05, 3.63) is 0 Å². The first kappa shape index (κ1) is 12.4. The Labute approximate surface area is 103 Å². The van der Waals surface area contributed by atoms with Crippen molar-refractivity contribution >= 4 is 11.8 Å². The van der Waals surface area contributed by atoms with Gasteiger partial charge in [0.05, 0.1) is 6.54 Å². The molecule has 4 nitrogen and oxygen atoms in total. The lowest BCUT2D eigenvalue weighted by Crippen LogP contribution is -2.43. The van der Waals surface area contributed by atoms with E-state index in [0.717, 1.165) is 25.7 Å². The molecule has 0 radical (unpaired) electrons. The van der Waals surface area contributed by atoms with Gasteiger partial charge in [-0.05, 0) is 24.7 Å². The summed E-state index contributed by atoms with van der Waals surface area (Å²) in [6.45, 7) is 5.98. The lowest BCUT2D eigenvalue weighted by molar-refractivity contribution is -0.141. The molecule has 17 heavy (non-hydrogen) atoms. The van der Waals surface area contributed by atoms with Gasteiger partial charge in [-0.15, -0.1) is 0 Å². The molecule has 0 bridgehead atoms. The van der Waals surface area contributed by atoms with Gasteiger partial charge in [-0.2, -0.15) is 0 Å². The maximum absolute atomic E-state index is 12.5. The quantitative estimate of drug-likeness (QED) is 0.745. The predicted octanol–water partition coefficient (Wildman–Crippen LogP) is 1.16. The Bertz CT molecular complexity index is 325. The molecule has 2 amide bonds. The molecule has 1 unspecified atom stereocenters. The Morgan fingerprint density at radius 2 is 2.18 bits per heavy atom. The fourth-order valence-corrected chi connectivity index (χ4v) is 3.00. The molecule has 0 spiro atoms. The first-order valence-electron chi connectivity index (χ1n) is 6.56. The summed E-state index contributed by atoms with van der Waals surface area (Å²) in [6, 6.07) is 0. The molecular weight excluding hydrogens is 216 g/mol. The summed E-state index contributed by atoms with van der Waals surface area (Å²) in [5, 5.41) is 2.81. The van der Waals surface area contributed by atoms with E-state index in [1.54, 1.807) is 4.90 Å². The number of rotatable bonds is 1. The highest BCUT2D eigenvalue weighted by atomic mass is 16.2. The van der Waals surface area contributed by atoms with Crippen LogP contribution in [0.5, 0.6) is 0 Å². The minimum atomic E-state index is -0.0216. The average molecular weight is 238 g/mol. The molecule has 4 heteroatoms. The maximum Gasteiger partial charge on any atom is 0.239 e. The maximum atomic E-state index is 12.5. The van der Waals surface area contributed by atoms with Gasteiger partial charge in [0.2, 0.25) is 11.8 Å². The molecule has 1 saturated carbocycles. The first-order chi connectivity index (χ1) is 8.00. The van der Waals surface area contributed by atoms with Crippen molar-refractivity contribution < 1.29 is 9.59 Å². The van der Waals surface area contributed by atoms with Crippen molar-refractivity contribution in [2.45, 2.75) is 39.5 Å². The number of hydrogen-bond donors (Lipinski definition) is 1. The predicted molar refractivity (Wildman–Crippen MR) is 65.3 cm³/mol. The first-order valence-corrected chi connectivity index (χ1v) is 6.56. The van der Waals surface area contributed by atoms with Crippen LogP contribution in [0.2, 0.25) is 0 Å². The molecule has 1 aliphatic heterocycles. The van der Waals surface area contributed by atoms with Gasteiger partial charge in [0.25, 0.3) is 0 Å². The Balaban J connectivity index is 2.05. The summed E-state index contributed by atoms with van der Waals surface area (Å²) in [5.41, 5.74) is 0.0971. The van der Waals surface area contributed by atoms with Crippen molar-refractivity contribution in [1.29, 1.82) is 0 Å². The van der Waals surface area contributed by atoms with E-state index in [0.29, 0.717) is 13.1 Å². The van der Waals surface area contributed by atoms with Gasteiger partial charge in [0, 0.05) is 19.0 Å². The topological polar surface area (TPSA) is 49.4 Å². The Morgan fingerprint density at radius 3 is 2.82 bits per heavy atom. The highest BCUT2D eigenvalue weighted by molar-refractivity contribution is 5.86. The van der Waals surface area contributed by atoms with E-state index in [2.05, 4.69) is 19.2 Å². The zero-order valence-electron chi connectivity index (χ0n) is 10.8. The molecule has 1 atom stereocenters. The molecule has 1 aliphatic carbocycles. The third kappa shape index (κ3) is 2.61. The SMILES string of the molecule is CC1(C)CCCC1C(=O)N1CCCNC(=O)C1. The molecule has 1 heterocycles. The fraction of sp³-hybridized carbons (Fsp3) is 0.846. The molecule has 2 fully saturated rings. The van der Waals surface area contributed by atoms with Gasteiger partial charge in [-0.1, -0.05) is 20.3 Å². The van der Waals surface area contributed by atoms with E-state index in [1.165, 1.54) is 0 Å². The second-order valence-electron chi connectivity index (χ2n) is 5.90. The fourth-order valence-electron chi connectivity index (χ4n) is 3.00. The number of nitrogens with one attached hydrogen (secondary N) is 1. The normalized spacial score (nSPS) is 28.7. The lowest BCUT2D eigenvalue weighted by Gasteiger charge is -2.30. The number of hydrogen-bond acceptors (Lipinski definition) is 2. The molecule has 0 aromatic heterocycles. The highest BCUT2D eigenvalue weighted by Gasteiger charge is 2.41. The van der Waals surface area contributed by atoms with Crippen LogP contribution >= 0.6 is 0 Å². The molecule has 0 aromatic carbocycles. The van der Waals surface area contributed by atoms with E-state index < -0.39 is 0 Å². The number of nitrogens with zero attached hydrogens (tertiary/aromatic N) is 1. The van der Waals surface area contributed by atoms with E-state index in [-0.39, 0.29) is 29.7 Å². The number of carbonyl (C=O) groups is 2. The van der Waals surface area contributed by atoms with Crippen LogP contribution in [0, 0.1) is 11.3 Å². The van der Waals surface area contributed by atoms with Crippen LogP contribution in [0.3, 0.4) is 0 Å². The van der Waals surface area contributed by atoms with E-state index in [1.807, 2.05) is 0 Å². The van der Waals surface area contributed by atoms with E-state index in [9.17, 15) is 9.59 Å². The van der Waals surface area contributed by atoms with Crippen LogP contribution in [0.25, 0.3) is 0 Å². The summed E-state index contributed by atoms with van der Waals surface area (Å²) < 4.78 is 0. The molecule has 0 aromatic rings. The van der Waals surface area contributed by atoms with Crippen LogP contribution in [0.15, 0.2) is 0 Å². The smallest absolute Gasteiger partial charge is 0.239 e. The summed E-state index contributed by atoms with van der Waals surface area (Å²) in [5.74, 6) is 0.268. The Kier molecular flexibility index (Phi) is 3.40. The molecule has 1 saturated heterocycles. The summed E-state index contributed by atoms with van der Waals surface area (Å²) in [7, 11) is 0. The standard InChI is InChI=1S/C13H22N2O2/c1-13(2)6-3-5-10(13)12(17)15-8-4-7-14-11(16)9-15/h10H,3-9H2,1-2H3,(H,14,16). The summed E-state index contributed by atoms with van der Waals surface area (Å²) >= 11 is 0. The minimum Gasteiger partial charge on any atom is -0.354 e. The minimum absolute atomic E-state index is 0.0216. The molecular formula is C13H22N2O2. The van der Waals surface area contributed by atoms with Crippen LogP contribution in [-0.4, -0.2) is 36.3 Å². The van der Waals surface area contributed by atoms with E-state index >= 15 is 0 Å². The largest absolute Gasteiger partial charge is 0.354 e. The third-order valence-corrected chi connectivity index (χ3v) is 4.13. The van der Waals surface area contributed by atoms with Crippen LogP contribution in [-0.2, 0) is 9.59 Å². The number of amides is 2. The van der Waals surface area contributed by atoms with Crippen LogP contribution in [0.1, 0.15) is 39.5 Å². The Hall–Kier alpha value is -1.06. The van der Waals surface area contributed by atoms with Crippen molar-refractivity contribution in [3.63, 3.8) is 0 Å². The molecule has 96 valence electrons. The highest BCUT2D eigenvalue weighted by Crippen LogP contribution is 2.43. The van der Waals surface area contributed by atoms with E-state index in [4.69, 9.17) is 0 Å². The van der Waals surface area contributed by atoms with Crippen LogP contribution < -0.4 is 5.32 Å². The monoisotopic (exact) mass is 238 g/mol. The second-order valence-corrected chi connectivity index (χ2v) is 5.90. The van der Waals surface area contributed by atoms with Gasteiger partial charge < -0.3 is 10.2 Å². The second kappa shape index (κ2) is 4.67. The van der Waals surface area contributed by atoms with Crippen molar-refractivity contribution in [2.75, 3.05) is 19.6 Å². The Morgan fingerprint density at radius 1 is 1.41 bits per heavy atom. The summed E-state index contributed by atoms with van der Waals surface area (Å²) in [6.07, 6.45) is 4.08. The van der Waals surface area contributed by atoms with Gasteiger partial charge in [-0.3, -0.25) is 9.59 Å². The third-order valence-electron chi connectivity index (χ3n) is 4.13. The molecule has 2 rings (SSSR count). The van der Waals surface area contributed by atoms with Crippen molar-refractivity contribution in [3.8, 4) is 0 Å².